The van der Waals surface area contributed by atoms with Crippen LogP contribution >= 0.6 is 27.5 Å². The van der Waals surface area contributed by atoms with Crippen LogP contribution in [0.2, 0.25) is 0 Å². The second-order valence-electron chi connectivity index (χ2n) is 3.19. The van der Waals surface area contributed by atoms with Crippen LogP contribution in [0.4, 0.5) is 0 Å². The number of hydrogen-bond donors (Lipinski definition) is 0. The molecule has 0 bridgehead atoms. The molecule has 0 spiro atoms. The highest BCUT2D eigenvalue weighted by Crippen LogP contribution is 2.15. The van der Waals surface area contributed by atoms with E-state index in [0.717, 1.165) is 24.1 Å². The van der Waals surface area contributed by atoms with E-state index in [1.807, 2.05) is 0 Å². The van der Waals surface area contributed by atoms with Crippen molar-refractivity contribution in [2.45, 2.75) is 25.1 Å². The first-order valence-corrected chi connectivity index (χ1v) is 6.14. The van der Waals surface area contributed by atoms with Crippen LogP contribution in [0.1, 0.15) is 23.1 Å². The summed E-state index contributed by atoms with van der Waals surface area (Å²) in [5.74, 6) is 0.748. The van der Waals surface area contributed by atoms with Gasteiger partial charge in [0, 0.05) is 11.2 Å². The average Bonchev–Trinajstić information content (AvgIpc) is 2.17. The van der Waals surface area contributed by atoms with Gasteiger partial charge in [-0.15, -0.1) is 11.6 Å². The molecule has 1 aromatic carbocycles. The highest BCUT2D eigenvalue weighted by atomic mass is 79.9. The maximum Gasteiger partial charge on any atom is 0.0283 e. The molecule has 0 N–H and O–H groups in total. The summed E-state index contributed by atoms with van der Waals surface area (Å²) in [6.07, 6.45) is 2.16. The van der Waals surface area contributed by atoms with Gasteiger partial charge in [-0.1, -0.05) is 34.1 Å². The summed E-state index contributed by atoms with van der Waals surface area (Å²) < 4.78 is 0. The minimum atomic E-state index is 0.748. The molecule has 0 amide bonds. The number of halogens is 2. The maximum atomic E-state index is 5.67. The van der Waals surface area contributed by atoms with Gasteiger partial charge in [-0.2, -0.15) is 0 Å². The van der Waals surface area contributed by atoms with Crippen molar-refractivity contribution in [1.29, 1.82) is 0 Å². The van der Waals surface area contributed by atoms with Gasteiger partial charge in [0.25, 0.3) is 0 Å². The number of aryl methyl sites for hydroxylation is 2. The first-order chi connectivity index (χ1) is 6.27. The number of hydrogen-bond acceptors (Lipinski definition) is 0. The molecule has 13 heavy (non-hydrogen) atoms. The molecule has 0 saturated carbocycles. The average molecular weight is 262 g/mol. The summed E-state index contributed by atoms with van der Waals surface area (Å²) in [6, 6.07) is 6.60. The van der Waals surface area contributed by atoms with E-state index in [1.54, 1.807) is 0 Å². The lowest BCUT2D eigenvalue weighted by Crippen LogP contribution is -1.92. The van der Waals surface area contributed by atoms with Crippen LogP contribution in [-0.2, 0) is 11.8 Å². The van der Waals surface area contributed by atoms with Crippen LogP contribution in [0.3, 0.4) is 0 Å². The van der Waals surface area contributed by atoms with Gasteiger partial charge in [0.05, 0.1) is 0 Å². The zero-order valence-corrected chi connectivity index (χ0v) is 10.2. The fourth-order valence-corrected chi connectivity index (χ4v) is 1.82. The summed E-state index contributed by atoms with van der Waals surface area (Å²) in [6.45, 7) is 2.15. The van der Waals surface area contributed by atoms with Crippen molar-refractivity contribution in [2.24, 2.45) is 0 Å². The van der Waals surface area contributed by atoms with Crippen LogP contribution in [-0.4, -0.2) is 5.88 Å². The topological polar surface area (TPSA) is 0 Å². The molecule has 0 fully saturated rings. The molecule has 1 aromatic rings. The molecule has 0 aliphatic rings. The lowest BCUT2D eigenvalue weighted by Gasteiger charge is -2.06. The van der Waals surface area contributed by atoms with Crippen LogP contribution in [0.15, 0.2) is 18.2 Å². The monoisotopic (exact) mass is 260 g/mol. The van der Waals surface area contributed by atoms with E-state index in [-0.39, 0.29) is 0 Å². The minimum absolute atomic E-state index is 0.748. The van der Waals surface area contributed by atoms with Gasteiger partial charge in [0.1, 0.15) is 0 Å². The van der Waals surface area contributed by atoms with Gasteiger partial charge in [-0.3, -0.25) is 0 Å². The van der Waals surface area contributed by atoms with Gasteiger partial charge in [-0.05, 0) is 36.5 Å². The van der Waals surface area contributed by atoms with Crippen LogP contribution in [0, 0.1) is 6.92 Å². The molecule has 2 heteroatoms. The van der Waals surface area contributed by atoms with Gasteiger partial charge in [-0.25, -0.2) is 0 Å². The van der Waals surface area contributed by atoms with E-state index in [2.05, 4.69) is 41.1 Å². The van der Waals surface area contributed by atoms with Crippen molar-refractivity contribution >= 4 is 27.5 Å². The van der Waals surface area contributed by atoms with Gasteiger partial charge < -0.3 is 0 Å². The third-order valence-corrected chi connectivity index (χ3v) is 3.06. The zero-order valence-electron chi connectivity index (χ0n) is 7.82. The van der Waals surface area contributed by atoms with Crippen molar-refractivity contribution in [2.75, 3.05) is 5.88 Å². The van der Waals surface area contributed by atoms with E-state index < -0.39 is 0 Å². The standard InChI is InChI=1S/C11H14BrCl/c1-9-4-5-10(8-12)7-11(9)3-2-6-13/h4-5,7H,2-3,6,8H2,1H3. The largest absolute Gasteiger partial charge is 0.127 e. The molecule has 0 radical (unpaired) electrons. The molecule has 1 rings (SSSR count). The van der Waals surface area contributed by atoms with Crippen molar-refractivity contribution in [1.82, 2.24) is 0 Å². The van der Waals surface area contributed by atoms with E-state index in [9.17, 15) is 0 Å². The molecular weight excluding hydrogens is 247 g/mol. The zero-order chi connectivity index (χ0) is 9.68. The minimum Gasteiger partial charge on any atom is -0.127 e. The van der Waals surface area contributed by atoms with Crippen molar-refractivity contribution < 1.29 is 0 Å². The Balaban J connectivity index is 2.78. The maximum absolute atomic E-state index is 5.67. The molecule has 0 aromatic heterocycles. The predicted octanol–water partition coefficient (Wildman–Crippen LogP) is 4.06. The van der Waals surface area contributed by atoms with Crippen molar-refractivity contribution in [3.05, 3.63) is 34.9 Å². The van der Waals surface area contributed by atoms with Crippen LogP contribution < -0.4 is 0 Å². The SMILES string of the molecule is Cc1ccc(CBr)cc1CCCCl. The van der Waals surface area contributed by atoms with E-state index in [1.165, 1.54) is 16.7 Å². The molecule has 0 nitrogen and oxygen atoms in total. The Morgan fingerprint density at radius 1 is 1.38 bits per heavy atom. The van der Waals surface area contributed by atoms with Crippen molar-refractivity contribution in [3.63, 3.8) is 0 Å². The molecule has 0 saturated heterocycles. The lowest BCUT2D eigenvalue weighted by molar-refractivity contribution is 0.917. The van der Waals surface area contributed by atoms with Gasteiger partial charge >= 0.3 is 0 Å². The second kappa shape index (κ2) is 5.66. The Kier molecular flexibility index (Phi) is 4.82. The van der Waals surface area contributed by atoms with E-state index in [4.69, 9.17) is 11.6 Å². The summed E-state index contributed by atoms with van der Waals surface area (Å²) in [4.78, 5) is 0. The Hall–Kier alpha value is -0.0100. The second-order valence-corrected chi connectivity index (χ2v) is 4.13. The first-order valence-electron chi connectivity index (χ1n) is 4.48. The molecule has 0 aliphatic carbocycles. The summed E-state index contributed by atoms with van der Waals surface area (Å²) in [5, 5.41) is 0.932. The fraction of sp³-hybridized carbons (Fsp3) is 0.455. The number of benzene rings is 1. The highest BCUT2D eigenvalue weighted by Gasteiger charge is 1.99. The number of alkyl halides is 2. The highest BCUT2D eigenvalue weighted by molar-refractivity contribution is 9.08. The van der Waals surface area contributed by atoms with Crippen LogP contribution in [0.5, 0.6) is 0 Å². The van der Waals surface area contributed by atoms with Crippen molar-refractivity contribution in [3.8, 4) is 0 Å². The molecule has 72 valence electrons. The van der Waals surface area contributed by atoms with E-state index in [0.29, 0.717) is 0 Å². The Morgan fingerprint density at radius 2 is 2.15 bits per heavy atom. The fourth-order valence-electron chi connectivity index (χ4n) is 1.33. The lowest BCUT2D eigenvalue weighted by atomic mass is 10.0. The third kappa shape index (κ3) is 3.32. The summed E-state index contributed by atoms with van der Waals surface area (Å²) >= 11 is 9.13. The molecule has 0 atom stereocenters. The Morgan fingerprint density at radius 3 is 2.77 bits per heavy atom. The van der Waals surface area contributed by atoms with Crippen LogP contribution in [0.25, 0.3) is 0 Å². The normalized spacial score (nSPS) is 10.4. The van der Waals surface area contributed by atoms with Gasteiger partial charge in [0.2, 0.25) is 0 Å². The molecule has 0 unspecified atom stereocenters. The van der Waals surface area contributed by atoms with E-state index >= 15 is 0 Å². The smallest absolute Gasteiger partial charge is 0.0283 e. The van der Waals surface area contributed by atoms with Gasteiger partial charge in [0.15, 0.2) is 0 Å². The Bertz CT molecular complexity index is 271. The molecule has 0 heterocycles. The molecular formula is C11H14BrCl. The predicted molar refractivity (Wildman–Crippen MR) is 62.9 cm³/mol. The summed E-state index contributed by atoms with van der Waals surface area (Å²) in [5.41, 5.74) is 4.14. The number of rotatable bonds is 4. The quantitative estimate of drug-likeness (QED) is 0.717. The Labute approximate surface area is 93.4 Å². The first kappa shape index (κ1) is 11.1. The third-order valence-electron chi connectivity index (χ3n) is 2.15. The molecule has 0 aliphatic heterocycles. The summed E-state index contributed by atoms with van der Waals surface area (Å²) in [7, 11) is 0.